The van der Waals surface area contributed by atoms with Gasteiger partial charge in [0.1, 0.15) is 5.75 Å². The molecule has 0 amide bonds. The number of rotatable bonds is 8. The Morgan fingerprint density at radius 1 is 1.10 bits per heavy atom. The second-order valence-electron chi connectivity index (χ2n) is 11.1. The number of piperazine rings is 1. The molecule has 0 spiro atoms. The number of benzene rings is 2. The third-order valence-electron chi connectivity index (χ3n) is 8.30. The molecule has 2 fully saturated rings. The quantitative estimate of drug-likeness (QED) is 0.295. The van der Waals surface area contributed by atoms with E-state index in [1.807, 2.05) is 29.5 Å². The van der Waals surface area contributed by atoms with Crippen molar-refractivity contribution < 1.29 is 18.3 Å². The van der Waals surface area contributed by atoms with Crippen molar-refractivity contribution in [3.05, 3.63) is 72.2 Å². The van der Waals surface area contributed by atoms with Gasteiger partial charge in [0.2, 0.25) is 0 Å². The van der Waals surface area contributed by atoms with Crippen molar-refractivity contribution in [1.82, 2.24) is 29.5 Å². The lowest BCUT2D eigenvalue weighted by Gasteiger charge is -2.41. The zero-order chi connectivity index (χ0) is 29.2. The number of anilines is 2. The van der Waals surface area contributed by atoms with E-state index in [2.05, 4.69) is 42.2 Å². The zero-order valence-corrected chi connectivity index (χ0v) is 23.8. The van der Waals surface area contributed by atoms with Crippen LogP contribution in [-0.2, 0) is 0 Å². The molecular formula is C31H35F2N7O2. The number of likely N-dealkylation sites (N-methyl/N-ethyl adjacent to an activating group) is 1. The van der Waals surface area contributed by atoms with Crippen LogP contribution >= 0.6 is 0 Å². The van der Waals surface area contributed by atoms with Crippen LogP contribution in [-0.4, -0.2) is 88.4 Å². The van der Waals surface area contributed by atoms with Gasteiger partial charge in [0, 0.05) is 61.4 Å². The number of ketones is 1. The van der Waals surface area contributed by atoms with Gasteiger partial charge in [-0.15, -0.1) is 0 Å². The van der Waals surface area contributed by atoms with Gasteiger partial charge in [0.25, 0.3) is 0 Å². The maximum absolute atomic E-state index is 13.6. The first kappa shape index (κ1) is 28.2. The number of halogens is 2. The second kappa shape index (κ2) is 12.1. The summed E-state index contributed by atoms with van der Waals surface area (Å²) < 4.78 is 31.4. The molecule has 220 valence electrons. The SMILES string of the molecule is Cc1cc(Nc2nccn3c(-c4ccc(OC(F)F)cc4)cnc23)ccc1C(=O)C1CC(N2CCN(C)CC2)CCN1. The summed E-state index contributed by atoms with van der Waals surface area (Å²) in [4.78, 5) is 27.5. The van der Waals surface area contributed by atoms with Crippen molar-refractivity contribution in [1.29, 1.82) is 0 Å². The third kappa shape index (κ3) is 5.99. The van der Waals surface area contributed by atoms with Gasteiger partial charge in [0.05, 0.1) is 17.9 Å². The average Bonchev–Trinajstić information content (AvgIpc) is 3.43. The number of carbonyl (C=O) groups is 1. The van der Waals surface area contributed by atoms with Crippen LogP contribution in [0.2, 0.25) is 0 Å². The van der Waals surface area contributed by atoms with E-state index in [1.165, 1.54) is 12.1 Å². The smallest absolute Gasteiger partial charge is 0.387 e. The Labute approximate surface area is 243 Å². The molecule has 0 bridgehead atoms. The predicted molar refractivity (Wildman–Crippen MR) is 158 cm³/mol. The highest BCUT2D eigenvalue weighted by atomic mass is 19.3. The molecule has 11 heteroatoms. The highest BCUT2D eigenvalue weighted by molar-refractivity contribution is 6.01. The van der Waals surface area contributed by atoms with Crippen molar-refractivity contribution in [2.75, 3.05) is 45.1 Å². The van der Waals surface area contributed by atoms with Crippen molar-refractivity contribution in [3.63, 3.8) is 0 Å². The Bertz CT molecular complexity index is 1550. The molecule has 4 heterocycles. The molecule has 2 aromatic carbocycles. The number of nitrogens with zero attached hydrogens (tertiary/aromatic N) is 5. The summed E-state index contributed by atoms with van der Waals surface area (Å²) in [5.41, 5.74) is 4.62. The molecule has 2 aliphatic heterocycles. The summed E-state index contributed by atoms with van der Waals surface area (Å²) in [5, 5.41) is 6.81. The Hall–Kier alpha value is -3.93. The first-order valence-corrected chi connectivity index (χ1v) is 14.3. The fourth-order valence-electron chi connectivity index (χ4n) is 5.99. The number of aromatic nitrogens is 3. The summed E-state index contributed by atoms with van der Waals surface area (Å²) >= 11 is 0. The highest BCUT2D eigenvalue weighted by Crippen LogP contribution is 2.28. The monoisotopic (exact) mass is 575 g/mol. The number of Topliss-reactive ketones (excluding diaryl/α,β-unsaturated/α-hetero) is 1. The predicted octanol–water partition coefficient (Wildman–Crippen LogP) is 4.60. The molecule has 9 nitrogen and oxygen atoms in total. The van der Waals surface area contributed by atoms with Crippen LogP contribution in [0.4, 0.5) is 20.3 Å². The average molecular weight is 576 g/mol. The number of carbonyl (C=O) groups excluding carboxylic acids is 1. The molecule has 2 saturated heterocycles. The Morgan fingerprint density at radius 3 is 2.62 bits per heavy atom. The van der Waals surface area contributed by atoms with Crippen molar-refractivity contribution in [2.45, 2.75) is 38.5 Å². The summed E-state index contributed by atoms with van der Waals surface area (Å²) in [6.07, 6.45) is 7.09. The zero-order valence-electron chi connectivity index (χ0n) is 23.8. The Morgan fingerprint density at radius 2 is 1.88 bits per heavy atom. The Balaban J connectivity index is 1.16. The molecular weight excluding hydrogens is 540 g/mol. The molecule has 6 rings (SSSR count). The van der Waals surface area contributed by atoms with Crippen molar-refractivity contribution >= 4 is 22.9 Å². The maximum Gasteiger partial charge on any atom is 0.387 e. The lowest BCUT2D eigenvalue weighted by Crippen LogP contribution is -2.55. The van der Waals surface area contributed by atoms with Crippen LogP contribution in [0.15, 0.2) is 61.1 Å². The van der Waals surface area contributed by atoms with Crippen LogP contribution in [0.1, 0.15) is 28.8 Å². The molecule has 2 N–H and O–H groups in total. The third-order valence-corrected chi connectivity index (χ3v) is 8.30. The van der Waals surface area contributed by atoms with Crippen molar-refractivity contribution in [2.24, 2.45) is 0 Å². The number of piperidine rings is 1. The molecule has 2 atom stereocenters. The number of ether oxygens (including phenoxy) is 1. The Kier molecular flexibility index (Phi) is 8.14. The molecule has 0 saturated carbocycles. The summed E-state index contributed by atoms with van der Waals surface area (Å²) in [6, 6.07) is 12.4. The number of imidazole rings is 1. The standard InChI is InChI=1S/C31H35F2N7O2/c1-20-17-22(5-8-25(20)28(41)26-18-23(9-10-34-26)39-15-13-38(2)14-16-39)37-29-30-36-19-27(40(30)12-11-35-29)21-3-6-24(7-4-21)42-31(32)33/h3-8,11-12,17,19,23,26,31,34H,9-10,13-16,18H2,1-2H3,(H,35,37). The largest absolute Gasteiger partial charge is 0.435 e. The van der Waals surface area contributed by atoms with E-state index in [-0.39, 0.29) is 17.6 Å². The van der Waals surface area contributed by atoms with E-state index < -0.39 is 6.61 Å². The van der Waals surface area contributed by atoms with Gasteiger partial charge in [-0.1, -0.05) is 0 Å². The molecule has 0 aliphatic carbocycles. The normalized spacial score (nSPS) is 20.2. The lowest BCUT2D eigenvalue weighted by molar-refractivity contribution is -0.0498. The second-order valence-corrected chi connectivity index (χ2v) is 11.1. The number of nitrogens with one attached hydrogen (secondary N) is 2. The van der Waals surface area contributed by atoms with E-state index in [0.717, 1.165) is 73.6 Å². The van der Waals surface area contributed by atoms with Gasteiger partial charge in [-0.3, -0.25) is 14.1 Å². The van der Waals surface area contributed by atoms with Crippen LogP contribution in [0.3, 0.4) is 0 Å². The van der Waals surface area contributed by atoms with E-state index in [1.54, 1.807) is 30.7 Å². The van der Waals surface area contributed by atoms with Crippen LogP contribution in [0.5, 0.6) is 5.75 Å². The highest BCUT2D eigenvalue weighted by Gasteiger charge is 2.32. The summed E-state index contributed by atoms with van der Waals surface area (Å²) in [6.45, 7) is 4.20. The number of aryl methyl sites for hydroxylation is 1. The van der Waals surface area contributed by atoms with Crippen LogP contribution in [0.25, 0.3) is 16.9 Å². The molecule has 0 radical (unpaired) electrons. The topological polar surface area (TPSA) is 87.0 Å². The van der Waals surface area contributed by atoms with Gasteiger partial charge >= 0.3 is 6.61 Å². The molecule has 2 aromatic heterocycles. The van der Waals surface area contributed by atoms with E-state index >= 15 is 0 Å². The molecule has 2 aliphatic rings. The molecule has 2 unspecified atom stereocenters. The van der Waals surface area contributed by atoms with Gasteiger partial charge in [0.15, 0.2) is 17.2 Å². The maximum atomic E-state index is 13.6. The van der Waals surface area contributed by atoms with Crippen LogP contribution < -0.4 is 15.4 Å². The van der Waals surface area contributed by atoms with Gasteiger partial charge < -0.3 is 20.3 Å². The fourth-order valence-corrected chi connectivity index (χ4v) is 5.99. The number of fused-ring (bicyclic) bond motifs is 1. The van der Waals surface area contributed by atoms with E-state index in [0.29, 0.717) is 17.5 Å². The van der Waals surface area contributed by atoms with E-state index in [9.17, 15) is 13.6 Å². The minimum atomic E-state index is -2.87. The van der Waals surface area contributed by atoms with Gasteiger partial charge in [-0.2, -0.15) is 8.78 Å². The summed E-state index contributed by atoms with van der Waals surface area (Å²) in [7, 11) is 2.16. The van der Waals surface area contributed by atoms with E-state index in [4.69, 9.17) is 0 Å². The first-order chi connectivity index (χ1) is 20.4. The first-order valence-electron chi connectivity index (χ1n) is 14.3. The van der Waals surface area contributed by atoms with Crippen molar-refractivity contribution in [3.8, 4) is 17.0 Å². The minimum Gasteiger partial charge on any atom is -0.435 e. The summed E-state index contributed by atoms with van der Waals surface area (Å²) in [5.74, 6) is 0.794. The van der Waals surface area contributed by atoms with Gasteiger partial charge in [-0.25, -0.2) is 9.97 Å². The number of hydrogen-bond donors (Lipinski definition) is 2. The molecule has 42 heavy (non-hydrogen) atoms. The number of hydrogen-bond acceptors (Lipinski definition) is 8. The van der Waals surface area contributed by atoms with Gasteiger partial charge in [-0.05, 0) is 81.4 Å². The fraction of sp³-hybridized carbons (Fsp3) is 0.387. The lowest BCUT2D eigenvalue weighted by atomic mass is 9.90. The minimum absolute atomic E-state index is 0.0954. The van der Waals surface area contributed by atoms with Crippen LogP contribution in [0, 0.1) is 6.92 Å². The molecule has 4 aromatic rings. The number of alkyl halides is 2.